The van der Waals surface area contributed by atoms with E-state index in [0.29, 0.717) is 22.4 Å². The van der Waals surface area contributed by atoms with Crippen LogP contribution >= 0.6 is 31.9 Å². The van der Waals surface area contributed by atoms with E-state index in [-0.39, 0.29) is 5.82 Å². The van der Waals surface area contributed by atoms with Crippen molar-refractivity contribution in [1.29, 1.82) is 0 Å². The molecule has 94 valence electrons. The van der Waals surface area contributed by atoms with Crippen LogP contribution in [0.4, 0.5) is 4.39 Å². The van der Waals surface area contributed by atoms with Gasteiger partial charge in [0.1, 0.15) is 17.3 Å². The van der Waals surface area contributed by atoms with E-state index in [0.717, 1.165) is 10.0 Å². The lowest BCUT2D eigenvalue weighted by molar-refractivity contribution is 0.472. The maximum absolute atomic E-state index is 13.4. The number of rotatable bonds is 3. The molecule has 0 aliphatic rings. The van der Waals surface area contributed by atoms with Crippen LogP contribution in [0.25, 0.3) is 0 Å². The van der Waals surface area contributed by atoms with Crippen molar-refractivity contribution >= 4 is 31.9 Å². The molecule has 2 aromatic rings. The number of halogens is 3. The lowest BCUT2D eigenvalue weighted by atomic mass is 10.2. The summed E-state index contributed by atoms with van der Waals surface area (Å²) in [5.74, 6) is 0.950. The lowest BCUT2D eigenvalue weighted by Gasteiger charge is -2.10. The predicted molar refractivity (Wildman–Crippen MR) is 78.0 cm³/mol. The van der Waals surface area contributed by atoms with E-state index in [1.54, 1.807) is 19.1 Å². The van der Waals surface area contributed by atoms with Gasteiger partial charge in [-0.05, 0) is 30.7 Å². The Morgan fingerprint density at radius 2 is 1.94 bits per heavy atom. The van der Waals surface area contributed by atoms with Gasteiger partial charge in [0.25, 0.3) is 0 Å². The fraction of sp³-hybridized carbons (Fsp3) is 0.143. The topological polar surface area (TPSA) is 9.23 Å². The summed E-state index contributed by atoms with van der Waals surface area (Å²) in [6.07, 6.45) is 0. The smallest absolute Gasteiger partial charge is 0.132 e. The van der Waals surface area contributed by atoms with Gasteiger partial charge in [0.15, 0.2) is 0 Å². The van der Waals surface area contributed by atoms with E-state index >= 15 is 0 Å². The monoisotopic (exact) mass is 372 g/mol. The Hall–Kier alpha value is -0.870. The van der Waals surface area contributed by atoms with E-state index < -0.39 is 0 Å². The second-order valence-electron chi connectivity index (χ2n) is 3.90. The normalized spacial score (nSPS) is 10.4. The molecular formula is C14H11Br2FO. The van der Waals surface area contributed by atoms with E-state index in [4.69, 9.17) is 4.74 Å². The highest BCUT2D eigenvalue weighted by Gasteiger charge is 2.06. The summed E-state index contributed by atoms with van der Waals surface area (Å²) in [7, 11) is 0. The average molecular weight is 374 g/mol. The standard InChI is InChI=1S/C14H11Br2FO/c1-9-2-5-12(7-13(9)17)18-14-6-11(16)4-3-10(14)8-15/h2-7H,8H2,1H3. The first-order valence-corrected chi connectivity index (χ1v) is 7.30. The summed E-state index contributed by atoms with van der Waals surface area (Å²) >= 11 is 6.80. The van der Waals surface area contributed by atoms with Crippen LogP contribution in [-0.2, 0) is 5.33 Å². The molecule has 0 fully saturated rings. The average Bonchev–Trinajstić information content (AvgIpc) is 2.34. The maximum atomic E-state index is 13.4. The second kappa shape index (κ2) is 5.85. The van der Waals surface area contributed by atoms with E-state index in [1.807, 2.05) is 18.2 Å². The van der Waals surface area contributed by atoms with Crippen LogP contribution in [0.5, 0.6) is 11.5 Å². The number of alkyl halides is 1. The molecule has 0 atom stereocenters. The Morgan fingerprint density at radius 1 is 1.17 bits per heavy atom. The molecule has 18 heavy (non-hydrogen) atoms. The second-order valence-corrected chi connectivity index (χ2v) is 5.38. The minimum Gasteiger partial charge on any atom is -0.457 e. The van der Waals surface area contributed by atoms with Crippen molar-refractivity contribution in [2.45, 2.75) is 12.3 Å². The minimum absolute atomic E-state index is 0.261. The van der Waals surface area contributed by atoms with Crippen molar-refractivity contribution in [3.8, 4) is 11.5 Å². The first-order chi connectivity index (χ1) is 8.60. The zero-order valence-electron chi connectivity index (χ0n) is 9.71. The molecule has 0 N–H and O–H groups in total. The Labute approximate surface area is 122 Å². The Kier molecular flexibility index (Phi) is 4.40. The van der Waals surface area contributed by atoms with Gasteiger partial charge in [-0.2, -0.15) is 0 Å². The largest absolute Gasteiger partial charge is 0.457 e. The van der Waals surface area contributed by atoms with E-state index in [1.165, 1.54) is 6.07 Å². The van der Waals surface area contributed by atoms with Gasteiger partial charge in [-0.15, -0.1) is 0 Å². The molecule has 2 rings (SSSR count). The lowest BCUT2D eigenvalue weighted by Crippen LogP contribution is -1.91. The van der Waals surface area contributed by atoms with Gasteiger partial charge in [0.05, 0.1) is 0 Å². The van der Waals surface area contributed by atoms with Gasteiger partial charge >= 0.3 is 0 Å². The Morgan fingerprint density at radius 3 is 2.61 bits per heavy atom. The third-order valence-corrected chi connectivity index (χ3v) is 3.64. The van der Waals surface area contributed by atoms with Crippen LogP contribution in [0.1, 0.15) is 11.1 Å². The van der Waals surface area contributed by atoms with E-state index in [9.17, 15) is 4.39 Å². The molecule has 0 aromatic heterocycles. The van der Waals surface area contributed by atoms with E-state index in [2.05, 4.69) is 31.9 Å². The summed E-state index contributed by atoms with van der Waals surface area (Å²) in [5.41, 5.74) is 1.62. The highest BCUT2D eigenvalue weighted by Crippen LogP contribution is 2.30. The quantitative estimate of drug-likeness (QED) is 0.637. The Bertz CT molecular complexity index is 570. The fourth-order valence-electron chi connectivity index (χ4n) is 1.50. The molecule has 0 amide bonds. The zero-order chi connectivity index (χ0) is 13.1. The van der Waals surface area contributed by atoms with Crippen molar-refractivity contribution in [3.63, 3.8) is 0 Å². The molecule has 2 aromatic carbocycles. The summed E-state index contributed by atoms with van der Waals surface area (Å²) in [4.78, 5) is 0. The molecule has 0 aliphatic heterocycles. The van der Waals surface area contributed by atoms with Crippen molar-refractivity contribution in [2.75, 3.05) is 0 Å². The first kappa shape index (κ1) is 13.6. The van der Waals surface area contributed by atoms with Crippen LogP contribution in [0.15, 0.2) is 40.9 Å². The van der Waals surface area contributed by atoms with Crippen LogP contribution in [0.3, 0.4) is 0 Å². The summed E-state index contributed by atoms with van der Waals surface area (Å²) in [6.45, 7) is 1.72. The summed E-state index contributed by atoms with van der Waals surface area (Å²) in [5, 5.41) is 0.684. The molecule has 4 heteroatoms. The molecule has 0 aliphatic carbocycles. The number of aryl methyl sites for hydroxylation is 1. The highest BCUT2D eigenvalue weighted by molar-refractivity contribution is 9.10. The molecule has 0 unspecified atom stereocenters. The van der Waals surface area contributed by atoms with Crippen LogP contribution < -0.4 is 4.74 Å². The van der Waals surface area contributed by atoms with Gasteiger partial charge in [0.2, 0.25) is 0 Å². The Balaban J connectivity index is 2.33. The van der Waals surface area contributed by atoms with Crippen molar-refractivity contribution in [3.05, 3.63) is 57.8 Å². The number of hydrogen-bond acceptors (Lipinski definition) is 1. The third-order valence-electron chi connectivity index (χ3n) is 2.54. The van der Waals surface area contributed by atoms with Crippen molar-refractivity contribution in [1.82, 2.24) is 0 Å². The van der Waals surface area contributed by atoms with Gasteiger partial charge in [-0.1, -0.05) is 44.0 Å². The van der Waals surface area contributed by atoms with Crippen molar-refractivity contribution < 1.29 is 9.13 Å². The van der Waals surface area contributed by atoms with Gasteiger partial charge < -0.3 is 4.74 Å². The zero-order valence-corrected chi connectivity index (χ0v) is 12.9. The first-order valence-electron chi connectivity index (χ1n) is 5.38. The molecule has 1 nitrogen and oxygen atoms in total. The molecule has 0 saturated heterocycles. The molecule has 0 heterocycles. The van der Waals surface area contributed by atoms with Gasteiger partial charge in [-0.25, -0.2) is 4.39 Å². The molecule has 0 bridgehead atoms. The van der Waals surface area contributed by atoms with Gasteiger partial charge in [-0.3, -0.25) is 0 Å². The molecular weight excluding hydrogens is 363 g/mol. The molecule has 0 spiro atoms. The number of hydrogen-bond donors (Lipinski definition) is 0. The van der Waals surface area contributed by atoms with Gasteiger partial charge in [0, 0.05) is 21.4 Å². The van der Waals surface area contributed by atoms with Crippen molar-refractivity contribution in [2.24, 2.45) is 0 Å². The fourth-order valence-corrected chi connectivity index (χ4v) is 2.30. The number of ether oxygens (including phenoxy) is 1. The summed E-state index contributed by atoms with van der Waals surface area (Å²) in [6, 6.07) is 10.6. The third kappa shape index (κ3) is 3.12. The summed E-state index contributed by atoms with van der Waals surface area (Å²) < 4.78 is 20.1. The van der Waals surface area contributed by atoms with Crippen LogP contribution in [-0.4, -0.2) is 0 Å². The molecule has 0 radical (unpaired) electrons. The highest BCUT2D eigenvalue weighted by atomic mass is 79.9. The van der Waals surface area contributed by atoms with Crippen LogP contribution in [0.2, 0.25) is 0 Å². The molecule has 0 saturated carbocycles. The SMILES string of the molecule is Cc1ccc(Oc2cc(Br)ccc2CBr)cc1F. The maximum Gasteiger partial charge on any atom is 0.132 e. The van der Waals surface area contributed by atoms with Crippen LogP contribution in [0, 0.1) is 12.7 Å². The minimum atomic E-state index is -0.261. The number of benzene rings is 2. The predicted octanol–water partition coefficient (Wildman–Crippen LogP) is 5.58.